The van der Waals surface area contributed by atoms with Crippen molar-refractivity contribution >= 4 is 17.9 Å². The molecular formula is C12H11NO5. The van der Waals surface area contributed by atoms with Crippen LogP contribution in [0.5, 0.6) is 5.75 Å². The van der Waals surface area contributed by atoms with E-state index in [0.717, 1.165) is 25.3 Å². The largest absolute Gasteiger partial charge is 0.419 e. The number of nitro benzene ring substituents is 1. The van der Waals surface area contributed by atoms with Gasteiger partial charge in [-0.3, -0.25) is 19.7 Å². The standard InChI is InChI=1S/C12H11NO5/c14-7-8-4-5-10(13(16)17)11(6-8)18-12(15)9-2-1-3-9/h4-7,9H,1-3H2. The third-order valence-corrected chi connectivity index (χ3v) is 2.97. The van der Waals surface area contributed by atoms with E-state index in [1.54, 1.807) is 0 Å². The lowest BCUT2D eigenvalue weighted by Crippen LogP contribution is -2.26. The fourth-order valence-corrected chi connectivity index (χ4v) is 1.67. The first-order valence-electron chi connectivity index (χ1n) is 5.57. The van der Waals surface area contributed by atoms with Crippen molar-refractivity contribution in [1.82, 2.24) is 0 Å². The minimum absolute atomic E-state index is 0.165. The Hall–Kier alpha value is -2.24. The molecule has 0 bridgehead atoms. The summed E-state index contributed by atoms with van der Waals surface area (Å²) >= 11 is 0. The SMILES string of the molecule is O=Cc1ccc([N+](=O)[O-])c(OC(=O)C2CCC2)c1. The number of nitrogens with zero attached hydrogens (tertiary/aromatic N) is 1. The number of rotatable bonds is 4. The van der Waals surface area contributed by atoms with Crippen LogP contribution < -0.4 is 4.74 Å². The first kappa shape index (κ1) is 12.2. The normalized spacial score (nSPS) is 14.7. The molecular weight excluding hydrogens is 238 g/mol. The summed E-state index contributed by atoms with van der Waals surface area (Å²) in [6, 6.07) is 3.68. The number of nitro groups is 1. The zero-order valence-corrected chi connectivity index (χ0v) is 9.50. The molecule has 6 nitrogen and oxygen atoms in total. The molecule has 0 unspecified atom stereocenters. The van der Waals surface area contributed by atoms with Crippen LogP contribution in [-0.2, 0) is 4.79 Å². The van der Waals surface area contributed by atoms with Crippen LogP contribution in [0.4, 0.5) is 5.69 Å². The van der Waals surface area contributed by atoms with Crippen molar-refractivity contribution in [2.24, 2.45) is 5.92 Å². The Balaban J connectivity index is 2.25. The fourth-order valence-electron chi connectivity index (χ4n) is 1.67. The van der Waals surface area contributed by atoms with Gasteiger partial charge in [0.05, 0.1) is 10.8 Å². The smallest absolute Gasteiger partial charge is 0.314 e. The molecule has 1 aromatic rings. The van der Waals surface area contributed by atoms with Gasteiger partial charge in [-0.15, -0.1) is 0 Å². The Kier molecular flexibility index (Phi) is 3.36. The Morgan fingerprint density at radius 2 is 2.17 bits per heavy atom. The summed E-state index contributed by atoms with van der Waals surface area (Å²) in [5.74, 6) is -0.807. The predicted octanol–water partition coefficient (Wildman–Crippen LogP) is 2.11. The van der Waals surface area contributed by atoms with Gasteiger partial charge in [0.15, 0.2) is 0 Å². The number of aldehydes is 1. The van der Waals surface area contributed by atoms with E-state index in [1.165, 1.54) is 12.1 Å². The van der Waals surface area contributed by atoms with E-state index in [0.29, 0.717) is 6.29 Å². The highest BCUT2D eigenvalue weighted by Crippen LogP contribution is 2.32. The maximum absolute atomic E-state index is 11.6. The van der Waals surface area contributed by atoms with Gasteiger partial charge >= 0.3 is 11.7 Å². The topological polar surface area (TPSA) is 86.5 Å². The summed E-state index contributed by atoms with van der Waals surface area (Å²) in [7, 11) is 0. The molecule has 0 spiro atoms. The predicted molar refractivity (Wildman–Crippen MR) is 61.5 cm³/mol. The quantitative estimate of drug-likeness (QED) is 0.268. The zero-order valence-electron chi connectivity index (χ0n) is 9.50. The van der Waals surface area contributed by atoms with Crippen LogP contribution in [0.15, 0.2) is 18.2 Å². The monoisotopic (exact) mass is 249 g/mol. The Morgan fingerprint density at radius 1 is 1.44 bits per heavy atom. The second-order valence-electron chi connectivity index (χ2n) is 4.15. The molecule has 1 saturated carbocycles. The second kappa shape index (κ2) is 4.95. The van der Waals surface area contributed by atoms with Crippen molar-refractivity contribution < 1.29 is 19.2 Å². The molecule has 0 atom stereocenters. The number of hydrogen-bond donors (Lipinski definition) is 0. The minimum Gasteiger partial charge on any atom is -0.419 e. The first-order chi connectivity index (χ1) is 8.61. The molecule has 2 rings (SSSR count). The lowest BCUT2D eigenvalue weighted by atomic mass is 9.86. The number of carbonyl (C=O) groups is 2. The molecule has 0 saturated heterocycles. The molecule has 1 fully saturated rings. The highest BCUT2D eigenvalue weighted by Gasteiger charge is 2.29. The van der Waals surface area contributed by atoms with Crippen LogP contribution in [0, 0.1) is 16.0 Å². The molecule has 18 heavy (non-hydrogen) atoms. The second-order valence-corrected chi connectivity index (χ2v) is 4.15. The molecule has 1 aliphatic rings. The third kappa shape index (κ3) is 2.37. The van der Waals surface area contributed by atoms with Crippen LogP contribution in [0.3, 0.4) is 0 Å². The Morgan fingerprint density at radius 3 is 2.67 bits per heavy atom. The minimum atomic E-state index is -0.641. The molecule has 0 heterocycles. The van der Waals surface area contributed by atoms with Gasteiger partial charge in [0.1, 0.15) is 6.29 Å². The van der Waals surface area contributed by atoms with E-state index in [1.807, 2.05) is 0 Å². The number of hydrogen-bond acceptors (Lipinski definition) is 5. The van der Waals surface area contributed by atoms with E-state index in [-0.39, 0.29) is 22.9 Å². The number of carbonyl (C=O) groups excluding carboxylic acids is 2. The summed E-state index contributed by atoms with van der Waals surface area (Å²) in [4.78, 5) is 32.4. The van der Waals surface area contributed by atoms with E-state index in [9.17, 15) is 19.7 Å². The van der Waals surface area contributed by atoms with E-state index < -0.39 is 10.9 Å². The first-order valence-corrected chi connectivity index (χ1v) is 5.57. The number of esters is 1. The highest BCUT2D eigenvalue weighted by molar-refractivity contribution is 5.80. The van der Waals surface area contributed by atoms with Crippen LogP contribution in [0.1, 0.15) is 29.6 Å². The van der Waals surface area contributed by atoms with Crippen molar-refractivity contribution in [3.8, 4) is 5.75 Å². The fraction of sp³-hybridized carbons (Fsp3) is 0.333. The molecule has 0 radical (unpaired) electrons. The lowest BCUT2D eigenvalue weighted by Gasteiger charge is -2.22. The van der Waals surface area contributed by atoms with Gasteiger partial charge in [0.25, 0.3) is 0 Å². The van der Waals surface area contributed by atoms with Crippen molar-refractivity contribution in [3.05, 3.63) is 33.9 Å². The summed E-state index contributed by atoms with van der Waals surface area (Å²) in [5.41, 5.74) is -0.0784. The van der Waals surface area contributed by atoms with E-state index in [2.05, 4.69) is 0 Å². The van der Waals surface area contributed by atoms with Gasteiger partial charge in [-0.2, -0.15) is 0 Å². The lowest BCUT2D eigenvalue weighted by molar-refractivity contribution is -0.385. The van der Waals surface area contributed by atoms with Crippen LogP contribution in [0.2, 0.25) is 0 Å². The Labute approximate surface area is 103 Å². The third-order valence-electron chi connectivity index (χ3n) is 2.97. The molecule has 1 aliphatic carbocycles. The maximum atomic E-state index is 11.6. The van der Waals surface area contributed by atoms with Gasteiger partial charge in [-0.25, -0.2) is 0 Å². The van der Waals surface area contributed by atoms with Gasteiger partial charge in [0, 0.05) is 11.6 Å². The molecule has 6 heteroatoms. The van der Waals surface area contributed by atoms with Crippen LogP contribution >= 0.6 is 0 Å². The summed E-state index contributed by atoms with van der Waals surface area (Å²) in [5, 5.41) is 10.8. The molecule has 0 aliphatic heterocycles. The maximum Gasteiger partial charge on any atom is 0.314 e. The summed E-state index contributed by atoms with van der Waals surface area (Å²) in [6.45, 7) is 0. The molecule has 0 N–H and O–H groups in total. The molecule has 1 aromatic carbocycles. The van der Waals surface area contributed by atoms with E-state index >= 15 is 0 Å². The van der Waals surface area contributed by atoms with Crippen molar-refractivity contribution in [2.45, 2.75) is 19.3 Å². The van der Waals surface area contributed by atoms with E-state index in [4.69, 9.17) is 4.74 Å². The molecule has 0 aromatic heterocycles. The van der Waals surface area contributed by atoms with Gasteiger partial charge in [0.2, 0.25) is 5.75 Å². The van der Waals surface area contributed by atoms with Crippen molar-refractivity contribution in [1.29, 1.82) is 0 Å². The van der Waals surface area contributed by atoms with Crippen LogP contribution in [-0.4, -0.2) is 17.2 Å². The van der Waals surface area contributed by atoms with Crippen molar-refractivity contribution in [2.75, 3.05) is 0 Å². The van der Waals surface area contributed by atoms with Gasteiger partial charge in [-0.05, 0) is 25.0 Å². The summed E-state index contributed by atoms with van der Waals surface area (Å²) < 4.78 is 5.01. The number of ether oxygens (including phenoxy) is 1. The average molecular weight is 249 g/mol. The van der Waals surface area contributed by atoms with Crippen molar-refractivity contribution in [3.63, 3.8) is 0 Å². The molecule has 94 valence electrons. The van der Waals surface area contributed by atoms with Crippen LogP contribution in [0.25, 0.3) is 0 Å². The summed E-state index contributed by atoms with van der Waals surface area (Å²) in [6.07, 6.45) is 3.01. The Bertz CT molecular complexity index is 507. The number of benzene rings is 1. The zero-order chi connectivity index (χ0) is 13.1. The highest BCUT2D eigenvalue weighted by atomic mass is 16.6. The average Bonchev–Trinajstić information content (AvgIpc) is 2.25. The van der Waals surface area contributed by atoms with Gasteiger partial charge < -0.3 is 4.74 Å². The molecule has 0 amide bonds. The van der Waals surface area contributed by atoms with Gasteiger partial charge in [-0.1, -0.05) is 6.42 Å².